The fourth-order valence-electron chi connectivity index (χ4n) is 1.81. The summed E-state index contributed by atoms with van der Waals surface area (Å²) in [7, 11) is -3.75. The monoisotopic (exact) mass is 207 g/mol. The molecule has 0 aromatic carbocycles. The smallest absolute Gasteiger partial charge is 0.264 e. The van der Waals surface area contributed by atoms with Crippen LogP contribution in [0.4, 0.5) is 0 Å². The Hall–Kier alpha value is -0.130. The van der Waals surface area contributed by atoms with Crippen LogP contribution in [-0.2, 0) is 10.1 Å². The quantitative estimate of drug-likeness (QED) is 0.664. The van der Waals surface area contributed by atoms with E-state index < -0.39 is 10.1 Å². The van der Waals surface area contributed by atoms with Crippen molar-refractivity contribution in [3.8, 4) is 0 Å². The zero-order valence-electron chi connectivity index (χ0n) is 7.86. The van der Waals surface area contributed by atoms with Gasteiger partial charge >= 0.3 is 0 Å². The van der Waals surface area contributed by atoms with E-state index in [9.17, 15) is 8.42 Å². The Morgan fingerprint density at radius 2 is 2.23 bits per heavy atom. The third kappa shape index (κ3) is 4.59. The third-order valence-corrected chi connectivity index (χ3v) is 3.26. The molecular weight excluding hydrogens is 190 g/mol. The van der Waals surface area contributed by atoms with Gasteiger partial charge in [-0.15, -0.1) is 0 Å². The summed E-state index contributed by atoms with van der Waals surface area (Å²) in [5.41, 5.74) is 0. The molecule has 1 rings (SSSR count). The minimum Gasteiger partial charge on any atom is -0.314 e. The van der Waals surface area contributed by atoms with E-state index in [0.29, 0.717) is 18.4 Å². The molecule has 0 saturated carbocycles. The SMILES string of the molecule is CC1CC(CCCS(=O)(=O)O)CN1. The molecule has 0 spiro atoms. The summed E-state index contributed by atoms with van der Waals surface area (Å²) in [4.78, 5) is 0. The molecule has 0 aliphatic carbocycles. The Balaban J connectivity index is 2.14. The van der Waals surface area contributed by atoms with Gasteiger partial charge in [-0.1, -0.05) is 0 Å². The predicted molar refractivity (Wildman–Crippen MR) is 51.2 cm³/mol. The van der Waals surface area contributed by atoms with Crippen LogP contribution in [0.25, 0.3) is 0 Å². The van der Waals surface area contributed by atoms with Crippen molar-refractivity contribution in [2.45, 2.75) is 32.2 Å². The number of rotatable bonds is 4. The summed E-state index contributed by atoms with van der Waals surface area (Å²) >= 11 is 0. The molecule has 78 valence electrons. The summed E-state index contributed by atoms with van der Waals surface area (Å²) in [6, 6.07) is 0.552. The van der Waals surface area contributed by atoms with Crippen LogP contribution in [0.3, 0.4) is 0 Å². The van der Waals surface area contributed by atoms with Crippen molar-refractivity contribution in [1.29, 1.82) is 0 Å². The van der Waals surface area contributed by atoms with Gasteiger partial charge in [-0.25, -0.2) is 0 Å². The van der Waals surface area contributed by atoms with Gasteiger partial charge in [0.05, 0.1) is 5.75 Å². The van der Waals surface area contributed by atoms with Crippen molar-refractivity contribution in [1.82, 2.24) is 5.32 Å². The third-order valence-electron chi connectivity index (χ3n) is 2.46. The first-order chi connectivity index (χ1) is 5.97. The molecular formula is C8H17NO3S. The zero-order valence-corrected chi connectivity index (χ0v) is 8.68. The number of nitrogens with one attached hydrogen (secondary N) is 1. The van der Waals surface area contributed by atoms with Gasteiger partial charge in [-0.2, -0.15) is 8.42 Å². The van der Waals surface area contributed by atoms with E-state index in [1.54, 1.807) is 0 Å². The van der Waals surface area contributed by atoms with Crippen molar-refractivity contribution in [2.75, 3.05) is 12.3 Å². The number of hydrogen-bond acceptors (Lipinski definition) is 3. The first kappa shape index (κ1) is 10.9. The van der Waals surface area contributed by atoms with Gasteiger partial charge in [0.15, 0.2) is 0 Å². The average molecular weight is 207 g/mol. The lowest BCUT2D eigenvalue weighted by atomic mass is 10.0. The molecule has 2 atom stereocenters. The fourth-order valence-corrected chi connectivity index (χ4v) is 2.34. The van der Waals surface area contributed by atoms with Crippen LogP contribution in [-0.4, -0.2) is 31.3 Å². The van der Waals surface area contributed by atoms with Gasteiger partial charge in [0.1, 0.15) is 0 Å². The summed E-state index contributed by atoms with van der Waals surface area (Å²) in [5, 5.41) is 3.31. The minimum absolute atomic E-state index is 0.0993. The Labute approximate surface area is 79.5 Å². The Kier molecular flexibility index (Phi) is 3.70. The lowest BCUT2D eigenvalue weighted by molar-refractivity contribution is 0.468. The van der Waals surface area contributed by atoms with Gasteiger partial charge in [-0.3, -0.25) is 4.55 Å². The number of hydrogen-bond donors (Lipinski definition) is 2. The van der Waals surface area contributed by atoms with E-state index in [1.807, 2.05) is 0 Å². The van der Waals surface area contributed by atoms with Crippen molar-refractivity contribution in [3.63, 3.8) is 0 Å². The zero-order chi connectivity index (χ0) is 9.90. The van der Waals surface area contributed by atoms with Gasteiger partial charge in [0, 0.05) is 6.04 Å². The second kappa shape index (κ2) is 4.39. The van der Waals surface area contributed by atoms with Crippen LogP contribution in [0.5, 0.6) is 0 Å². The standard InChI is InChI=1S/C8H17NO3S/c1-7-5-8(6-9-7)3-2-4-13(10,11)12/h7-9H,2-6H2,1H3,(H,10,11,12). The highest BCUT2D eigenvalue weighted by atomic mass is 32.2. The average Bonchev–Trinajstić information content (AvgIpc) is 2.33. The summed E-state index contributed by atoms with van der Waals surface area (Å²) in [6.45, 7) is 3.11. The van der Waals surface area contributed by atoms with Crippen molar-refractivity contribution >= 4 is 10.1 Å². The van der Waals surface area contributed by atoms with Crippen molar-refractivity contribution in [2.24, 2.45) is 5.92 Å². The molecule has 0 amide bonds. The predicted octanol–water partition coefficient (Wildman–Crippen LogP) is 0.652. The van der Waals surface area contributed by atoms with Crippen LogP contribution < -0.4 is 5.32 Å². The van der Waals surface area contributed by atoms with Crippen LogP contribution >= 0.6 is 0 Å². The topological polar surface area (TPSA) is 66.4 Å². The molecule has 13 heavy (non-hydrogen) atoms. The molecule has 1 saturated heterocycles. The maximum absolute atomic E-state index is 10.4. The molecule has 2 unspecified atom stereocenters. The van der Waals surface area contributed by atoms with Crippen molar-refractivity contribution < 1.29 is 13.0 Å². The minimum atomic E-state index is -3.75. The molecule has 1 aliphatic rings. The van der Waals surface area contributed by atoms with E-state index in [-0.39, 0.29) is 5.75 Å². The lowest BCUT2D eigenvalue weighted by Gasteiger charge is -2.06. The molecule has 0 radical (unpaired) electrons. The van der Waals surface area contributed by atoms with Gasteiger partial charge in [0.2, 0.25) is 0 Å². The first-order valence-electron chi connectivity index (χ1n) is 4.66. The Morgan fingerprint density at radius 3 is 2.69 bits per heavy atom. The van der Waals surface area contributed by atoms with Crippen LogP contribution in [0.1, 0.15) is 26.2 Å². The highest BCUT2D eigenvalue weighted by molar-refractivity contribution is 7.85. The molecule has 2 N–H and O–H groups in total. The second-order valence-electron chi connectivity index (χ2n) is 3.84. The van der Waals surface area contributed by atoms with E-state index in [0.717, 1.165) is 19.4 Å². The fraction of sp³-hybridized carbons (Fsp3) is 1.00. The molecule has 1 heterocycles. The van der Waals surface area contributed by atoms with Crippen LogP contribution in [0.2, 0.25) is 0 Å². The molecule has 0 aromatic heterocycles. The maximum Gasteiger partial charge on any atom is 0.264 e. The lowest BCUT2D eigenvalue weighted by Crippen LogP contribution is -2.16. The van der Waals surface area contributed by atoms with E-state index in [2.05, 4.69) is 12.2 Å². The van der Waals surface area contributed by atoms with E-state index in [4.69, 9.17) is 4.55 Å². The molecule has 0 aromatic rings. The van der Waals surface area contributed by atoms with Gasteiger partial charge in [0.25, 0.3) is 10.1 Å². The molecule has 0 bridgehead atoms. The Bertz CT molecular complexity index is 250. The molecule has 4 nitrogen and oxygen atoms in total. The normalized spacial score (nSPS) is 29.4. The maximum atomic E-state index is 10.4. The summed E-state index contributed by atoms with van der Waals surface area (Å²) in [6.07, 6.45) is 2.57. The van der Waals surface area contributed by atoms with E-state index >= 15 is 0 Å². The summed E-state index contributed by atoms with van der Waals surface area (Å²) < 4.78 is 29.3. The molecule has 5 heteroatoms. The Morgan fingerprint density at radius 1 is 1.54 bits per heavy atom. The second-order valence-corrected chi connectivity index (χ2v) is 5.41. The van der Waals surface area contributed by atoms with Crippen molar-refractivity contribution in [3.05, 3.63) is 0 Å². The summed E-state index contributed by atoms with van der Waals surface area (Å²) in [5.74, 6) is 0.481. The highest BCUT2D eigenvalue weighted by Crippen LogP contribution is 2.18. The largest absolute Gasteiger partial charge is 0.314 e. The van der Waals surface area contributed by atoms with Crippen LogP contribution in [0.15, 0.2) is 0 Å². The first-order valence-corrected chi connectivity index (χ1v) is 6.27. The highest BCUT2D eigenvalue weighted by Gasteiger charge is 2.20. The van der Waals surface area contributed by atoms with Gasteiger partial charge < -0.3 is 5.32 Å². The molecule has 1 aliphatic heterocycles. The van der Waals surface area contributed by atoms with Gasteiger partial charge in [-0.05, 0) is 38.6 Å². The molecule has 1 fully saturated rings. The van der Waals surface area contributed by atoms with E-state index in [1.165, 1.54) is 0 Å². The van der Waals surface area contributed by atoms with Crippen LogP contribution in [0, 0.1) is 5.92 Å².